The van der Waals surface area contributed by atoms with E-state index in [1.54, 1.807) is 0 Å². The number of pyridine rings is 1. The number of rotatable bonds is 3. The third-order valence-electron chi connectivity index (χ3n) is 3.74. The van der Waals surface area contributed by atoms with Crippen molar-refractivity contribution in [1.82, 2.24) is 14.5 Å². The molecule has 0 atom stereocenters. The minimum atomic E-state index is 0.599. The molecular weight excluding hydrogens is 236 g/mol. The SMILES string of the molecule is Cc1ccc(Nc2nc(C)cn2C2CCCC2)cn1. The number of aryl methyl sites for hydroxylation is 2. The van der Waals surface area contributed by atoms with Gasteiger partial charge in [-0.1, -0.05) is 12.8 Å². The summed E-state index contributed by atoms with van der Waals surface area (Å²) in [5.74, 6) is 0.940. The van der Waals surface area contributed by atoms with Gasteiger partial charge in [0, 0.05) is 17.9 Å². The van der Waals surface area contributed by atoms with Gasteiger partial charge in [-0.25, -0.2) is 4.98 Å². The summed E-state index contributed by atoms with van der Waals surface area (Å²) < 4.78 is 2.29. The van der Waals surface area contributed by atoms with Crippen molar-refractivity contribution in [3.63, 3.8) is 0 Å². The lowest BCUT2D eigenvalue weighted by Crippen LogP contribution is -2.08. The molecule has 1 aliphatic rings. The van der Waals surface area contributed by atoms with E-state index in [1.165, 1.54) is 25.7 Å². The van der Waals surface area contributed by atoms with Crippen molar-refractivity contribution in [2.45, 2.75) is 45.6 Å². The second-order valence-electron chi connectivity index (χ2n) is 5.36. The van der Waals surface area contributed by atoms with Crippen molar-refractivity contribution in [3.05, 3.63) is 35.9 Å². The Morgan fingerprint density at radius 1 is 1.16 bits per heavy atom. The molecule has 100 valence electrons. The molecule has 3 rings (SSSR count). The van der Waals surface area contributed by atoms with E-state index in [0.717, 1.165) is 23.0 Å². The maximum atomic E-state index is 4.60. The highest BCUT2D eigenvalue weighted by molar-refractivity contribution is 5.52. The van der Waals surface area contributed by atoms with Gasteiger partial charge in [-0.15, -0.1) is 0 Å². The summed E-state index contributed by atoms with van der Waals surface area (Å²) >= 11 is 0. The van der Waals surface area contributed by atoms with Crippen LogP contribution in [-0.2, 0) is 0 Å². The van der Waals surface area contributed by atoms with E-state index in [2.05, 4.69) is 26.0 Å². The van der Waals surface area contributed by atoms with Gasteiger partial charge in [0.1, 0.15) is 0 Å². The van der Waals surface area contributed by atoms with Crippen LogP contribution in [0.25, 0.3) is 0 Å². The van der Waals surface area contributed by atoms with E-state index in [9.17, 15) is 0 Å². The predicted octanol–water partition coefficient (Wildman–Crippen LogP) is 3.75. The highest BCUT2D eigenvalue weighted by Crippen LogP contribution is 2.32. The summed E-state index contributed by atoms with van der Waals surface area (Å²) in [7, 11) is 0. The Labute approximate surface area is 113 Å². The lowest BCUT2D eigenvalue weighted by atomic mass is 10.2. The predicted molar refractivity (Wildman–Crippen MR) is 76.7 cm³/mol. The summed E-state index contributed by atoms with van der Waals surface area (Å²) in [6.07, 6.45) is 9.19. The second-order valence-corrected chi connectivity index (χ2v) is 5.36. The van der Waals surface area contributed by atoms with E-state index in [-0.39, 0.29) is 0 Å². The van der Waals surface area contributed by atoms with Crippen LogP contribution in [-0.4, -0.2) is 14.5 Å². The first-order chi connectivity index (χ1) is 9.22. The van der Waals surface area contributed by atoms with Gasteiger partial charge in [0.25, 0.3) is 0 Å². The fraction of sp³-hybridized carbons (Fsp3) is 0.467. The zero-order chi connectivity index (χ0) is 13.2. The smallest absolute Gasteiger partial charge is 0.207 e. The first kappa shape index (κ1) is 12.2. The first-order valence-corrected chi connectivity index (χ1v) is 6.97. The number of aromatic nitrogens is 3. The van der Waals surface area contributed by atoms with Gasteiger partial charge in [0.05, 0.1) is 17.6 Å². The molecular formula is C15H20N4. The molecule has 4 nitrogen and oxygen atoms in total. The van der Waals surface area contributed by atoms with Gasteiger partial charge in [0.2, 0.25) is 5.95 Å². The second kappa shape index (κ2) is 5.03. The average Bonchev–Trinajstić information content (AvgIpc) is 3.01. The van der Waals surface area contributed by atoms with Crippen LogP contribution < -0.4 is 5.32 Å². The number of anilines is 2. The first-order valence-electron chi connectivity index (χ1n) is 6.97. The van der Waals surface area contributed by atoms with E-state index >= 15 is 0 Å². The zero-order valence-electron chi connectivity index (χ0n) is 11.6. The molecule has 2 aromatic heterocycles. The molecule has 1 N–H and O–H groups in total. The number of nitrogens with zero attached hydrogens (tertiary/aromatic N) is 3. The quantitative estimate of drug-likeness (QED) is 0.909. The lowest BCUT2D eigenvalue weighted by molar-refractivity contribution is 0.524. The van der Waals surface area contributed by atoms with Crippen LogP contribution in [0.1, 0.15) is 43.1 Å². The summed E-state index contributed by atoms with van der Waals surface area (Å²) in [6.45, 7) is 4.04. The van der Waals surface area contributed by atoms with E-state index in [1.807, 2.05) is 32.2 Å². The zero-order valence-corrected chi connectivity index (χ0v) is 11.6. The third-order valence-corrected chi connectivity index (χ3v) is 3.74. The third kappa shape index (κ3) is 2.62. The lowest BCUT2D eigenvalue weighted by Gasteiger charge is -2.15. The fourth-order valence-electron chi connectivity index (χ4n) is 2.74. The Morgan fingerprint density at radius 2 is 1.95 bits per heavy atom. The van der Waals surface area contributed by atoms with Crippen molar-refractivity contribution in [2.24, 2.45) is 0 Å². The van der Waals surface area contributed by atoms with E-state index < -0.39 is 0 Å². The number of hydrogen-bond donors (Lipinski definition) is 1. The van der Waals surface area contributed by atoms with Gasteiger partial charge in [0.15, 0.2) is 0 Å². The average molecular weight is 256 g/mol. The molecule has 0 radical (unpaired) electrons. The molecule has 2 heterocycles. The van der Waals surface area contributed by atoms with Crippen LogP contribution in [0.3, 0.4) is 0 Å². The van der Waals surface area contributed by atoms with Crippen molar-refractivity contribution < 1.29 is 0 Å². The molecule has 19 heavy (non-hydrogen) atoms. The molecule has 1 saturated carbocycles. The monoisotopic (exact) mass is 256 g/mol. The standard InChI is InChI=1S/C15H20N4/c1-11-7-8-13(9-16-11)18-15-17-12(2)10-19(15)14-5-3-4-6-14/h7-10,14H,3-6H2,1-2H3,(H,17,18). The van der Waals surface area contributed by atoms with Crippen LogP contribution in [0.2, 0.25) is 0 Å². The number of imidazole rings is 1. The Bertz CT molecular complexity index is 550. The van der Waals surface area contributed by atoms with Crippen LogP contribution in [0.5, 0.6) is 0 Å². The maximum absolute atomic E-state index is 4.60. The molecule has 0 amide bonds. The number of nitrogens with one attached hydrogen (secondary N) is 1. The van der Waals surface area contributed by atoms with Gasteiger partial charge >= 0.3 is 0 Å². The fourth-order valence-corrected chi connectivity index (χ4v) is 2.74. The maximum Gasteiger partial charge on any atom is 0.207 e. The molecule has 0 aromatic carbocycles. The molecule has 2 aromatic rings. The van der Waals surface area contributed by atoms with Crippen molar-refractivity contribution in [3.8, 4) is 0 Å². The van der Waals surface area contributed by atoms with Crippen molar-refractivity contribution in [1.29, 1.82) is 0 Å². The molecule has 0 unspecified atom stereocenters. The van der Waals surface area contributed by atoms with E-state index in [0.29, 0.717) is 6.04 Å². The largest absolute Gasteiger partial charge is 0.324 e. The van der Waals surface area contributed by atoms with Gasteiger partial charge in [-0.3, -0.25) is 4.98 Å². The molecule has 0 aliphatic heterocycles. The Morgan fingerprint density at radius 3 is 2.63 bits per heavy atom. The Balaban J connectivity index is 1.85. The van der Waals surface area contributed by atoms with Crippen molar-refractivity contribution >= 4 is 11.6 Å². The van der Waals surface area contributed by atoms with Crippen molar-refractivity contribution in [2.75, 3.05) is 5.32 Å². The topological polar surface area (TPSA) is 42.7 Å². The summed E-state index contributed by atoms with van der Waals surface area (Å²) in [5, 5.41) is 3.39. The molecule has 4 heteroatoms. The normalized spacial score (nSPS) is 15.9. The van der Waals surface area contributed by atoms with Crippen LogP contribution in [0.4, 0.5) is 11.6 Å². The highest BCUT2D eigenvalue weighted by atomic mass is 15.2. The summed E-state index contributed by atoms with van der Waals surface area (Å²) in [6, 6.07) is 4.66. The summed E-state index contributed by atoms with van der Waals surface area (Å²) in [4.78, 5) is 8.91. The minimum absolute atomic E-state index is 0.599. The van der Waals surface area contributed by atoms with Gasteiger partial charge < -0.3 is 9.88 Å². The van der Waals surface area contributed by atoms with Gasteiger partial charge in [-0.05, 0) is 38.8 Å². The molecule has 0 saturated heterocycles. The highest BCUT2D eigenvalue weighted by Gasteiger charge is 2.20. The van der Waals surface area contributed by atoms with Crippen LogP contribution >= 0.6 is 0 Å². The molecule has 0 spiro atoms. The van der Waals surface area contributed by atoms with Crippen LogP contribution in [0, 0.1) is 13.8 Å². The van der Waals surface area contributed by atoms with Crippen LogP contribution in [0.15, 0.2) is 24.5 Å². The Hall–Kier alpha value is -1.84. The van der Waals surface area contributed by atoms with Gasteiger partial charge in [-0.2, -0.15) is 0 Å². The molecule has 0 bridgehead atoms. The number of hydrogen-bond acceptors (Lipinski definition) is 3. The Kier molecular flexibility index (Phi) is 3.23. The minimum Gasteiger partial charge on any atom is -0.324 e. The summed E-state index contributed by atoms with van der Waals surface area (Å²) in [5.41, 5.74) is 3.09. The van der Waals surface area contributed by atoms with E-state index in [4.69, 9.17) is 0 Å². The molecule has 1 fully saturated rings. The molecule has 1 aliphatic carbocycles.